The summed E-state index contributed by atoms with van der Waals surface area (Å²) < 4.78 is 11.3. The second-order valence-electron chi connectivity index (χ2n) is 2.80. The highest BCUT2D eigenvalue weighted by atomic mass is 79.9. The molecule has 0 radical (unpaired) electrons. The largest absolute Gasteiger partial charge is 0.491 e. The Labute approximate surface area is 97.7 Å². The minimum Gasteiger partial charge on any atom is -0.491 e. The van der Waals surface area contributed by atoms with Crippen LogP contribution in [0.15, 0.2) is 22.7 Å². The average molecular weight is 270 g/mol. The van der Waals surface area contributed by atoms with E-state index < -0.39 is 0 Å². The molecule has 0 unspecified atom stereocenters. The molecule has 0 N–H and O–H groups in total. The van der Waals surface area contributed by atoms with Crippen molar-refractivity contribution in [3.8, 4) is 11.8 Å². The summed E-state index contributed by atoms with van der Waals surface area (Å²) in [4.78, 5) is 0. The van der Waals surface area contributed by atoms with Gasteiger partial charge in [-0.1, -0.05) is 0 Å². The van der Waals surface area contributed by atoms with Crippen molar-refractivity contribution in [2.75, 3.05) is 19.8 Å². The lowest BCUT2D eigenvalue weighted by Crippen LogP contribution is -2.06. The number of nitrogens with zero attached hydrogens (tertiary/aromatic N) is 1. The zero-order valence-electron chi connectivity index (χ0n) is 8.50. The molecule has 0 fully saturated rings. The van der Waals surface area contributed by atoms with Crippen LogP contribution in [-0.4, -0.2) is 19.8 Å². The first-order valence-electron chi connectivity index (χ1n) is 4.68. The van der Waals surface area contributed by atoms with Crippen LogP contribution in [0.3, 0.4) is 0 Å². The van der Waals surface area contributed by atoms with Crippen molar-refractivity contribution in [1.29, 1.82) is 5.26 Å². The molecule has 0 heterocycles. The highest BCUT2D eigenvalue weighted by molar-refractivity contribution is 9.10. The van der Waals surface area contributed by atoms with Gasteiger partial charge in [-0.05, 0) is 41.1 Å². The Morgan fingerprint density at radius 3 is 2.80 bits per heavy atom. The van der Waals surface area contributed by atoms with Crippen LogP contribution in [0.4, 0.5) is 0 Å². The quantitative estimate of drug-likeness (QED) is 0.772. The molecule has 0 aliphatic carbocycles. The van der Waals surface area contributed by atoms with Crippen molar-refractivity contribution in [2.24, 2.45) is 0 Å². The molecule has 4 heteroatoms. The maximum Gasteiger partial charge on any atom is 0.120 e. The van der Waals surface area contributed by atoms with Gasteiger partial charge < -0.3 is 9.47 Å². The fourth-order valence-corrected chi connectivity index (χ4v) is 1.49. The van der Waals surface area contributed by atoms with Crippen LogP contribution in [0.1, 0.15) is 12.5 Å². The van der Waals surface area contributed by atoms with Crippen molar-refractivity contribution < 1.29 is 9.47 Å². The Hall–Kier alpha value is -1.05. The Balaban J connectivity index is 2.49. The molecular weight excluding hydrogens is 258 g/mol. The van der Waals surface area contributed by atoms with Crippen LogP contribution in [0, 0.1) is 11.3 Å². The molecule has 0 aromatic heterocycles. The van der Waals surface area contributed by atoms with Gasteiger partial charge in [0.15, 0.2) is 0 Å². The summed E-state index contributed by atoms with van der Waals surface area (Å²) in [5.74, 6) is 0.737. The van der Waals surface area contributed by atoms with E-state index in [4.69, 9.17) is 14.7 Å². The van der Waals surface area contributed by atoms with E-state index in [1.165, 1.54) is 0 Å². The number of benzene rings is 1. The van der Waals surface area contributed by atoms with Gasteiger partial charge in [0, 0.05) is 11.1 Å². The number of ether oxygens (including phenoxy) is 2. The van der Waals surface area contributed by atoms with E-state index in [1.54, 1.807) is 18.2 Å². The zero-order chi connectivity index (χ0) is 11.1. The van der Waals surface area contributed by atoms with Gasteiger partial charge in [0.05, 0.1) is 12.2 Å². The first-order valence-corrected chi connectivity index (χ1v) is 5.47. The van der Waals surface area contributed by atoms with Crippen molar-refractivity contribution in [3.63, 3.8) is 0 Å². The summed E-state index contributed by atoms with van der Waals surface area (Å²) >= 11 is 3.30. The summed E-state index contributed by atoms with van der Waals surface area (Å²) in [6, 6.07) is 7.35. The first-order chi connectivity index (χ1) is 7.27. The number of rotatable bonds is 5. The van der Waals surface area contributed by atoms with Crippen molar-refractivity contribution >= 4 is 15.9 Å². The molecule has 1 aromatic rings. The van der Waals surface area contributed by atoms with Crippen molar-refractivity contribution in [1.82, 2.24) is 0 Å². The zero-order valence-corrected chi connectivity index (χ0v) is 10.1. The number of hydrogen-bond acceptors (Lipinski definition) is 3. The Morgan fingerprint density at radius 1 is 1.40 bits per heavy atom. The van der Waals surface area contributed by atoms with Gasteiger partial charge >= 0.3 is 0 Å². The van der Waals surface area contributed by atoms with Gasteiger partial charge in [-0.3, -0.25) is 0 Å². The second-order valence-corrected chi connectivity index (χ2v) is 3.65. The predicted molar refractivity (Wildman–Crippen MR) is 60.8 cm³/mol. The summed E-state index contributed by atoms with van der Waals surface area (Å²) in [6.45, 7) is 3.74. The lowest BCUT2D eigenvalue weighted by atomic mass is 10.2. The van der Waals surface area contributed by atoms with E-state index in [0.717, 1.165) is 10.2 Å². The molecule has 0 saturated carbocycles. The highest BCUT2D eigenvalue weighted by Gasteiger charge is 2.00. The first kappa shape index (κ1) is 12.0. The highest BCUT2D eigenvalue weighted by Crippen LogP contribution is 2.22. The van der Waals surface area contributed by atoms with Gasteiger partial charge in [-0.25, -0.2) is 0 Å². The fraction of sp³-hybridized carbons (Fsp3) is 0.364. The van der Waals surface area contributed by atoms with E-state index in [1.807, 2.05) is 6.92 Å². The predicted octanol–water partition coefficient (Wildman–Crippen LogP) is 2.74. The Morgan fingerprint density at radius 2 is 2.20 bits per heavy atom. The maximum atomic E-state index is 8.71. The normalized spacial score (nSPS) is 9.67. The number of halogens is 1. The van der Waals surface area contributed by atoms with Crippen LogP contribution >= 0.6 is 15.9 Å². The fourth-order valence-electron chi connectivity index (χ4n) is 1.04. The third-order valence-electron chi connectivity index (χ3n) is 1.76. The van der Waals surface area contributed by atoms with Gasteiger partial charge in [-0.2, -0.15) is 5.26 Å². The maximum absolute atomic E-state index is 8.71. The van der Waals surface area contributed by atoms with Crippen molar-refractivity contribution in [2.45, 2.75) is 6.92 Å². The molecule has 0 aliphatic rings. The minimum atomic E-state index is 0.520. The van der Waals surface area contributed by atoms with Crippen LogP contribution in [-0.2, 0) is 4.74 Å². The molecule has 0 spiro atoms. The molecule has 0 atom stereocenters. The van der Waals surface area contributed by atoms with E-state index in [0.29, 0.717) is 25.4 Å². The lowest BCUT2D eigenvalue weighted by molar-refractivity contribution is 0.110. The average Bonchev–Trinajstić information content (AvgIpc) is 2.25. The topological polar surface area (TPSA) is 42.2 Å². The van der Waals surface area contributed by atoms with Crippen molar-refractivity contribution in [3.05, 3.63) is 28.2 Å². The lowest BCUT2D eigenvalue weighted by Gasteiger charge is -2.06. The number of nitriles is 1. The molecule has 0 amide bonds. The summed E-state index contributed by atoms with van der Waals surface area (Å²) in [5, 5.41) is 8.71. The molecule has 3 nitrogen and oxygen atoms in total. The molecule has 80 valence electrons. The van der Waals surface area contributed by atoms with E-state index in [-0.39, 0.29) is 0 Å². The third kappa shape index (κ3) is 3.90. The molecule has 0 saturated heterocycles. The molecule has 1 aromatic carbocycles. The molecule has 15 heavy (non-hydrogen) atoms. The molecule has 1 rings (SSSR count). The standard InChI is InChI=1S/C11H12BrNO2/c1-2-14-5-6-15-10-4-3-9(8-13)11(12)7-10/h3-4,7H,2,5-6H2,1H3. The van der Waals surface area contributed by atoms with Crippen LogP contribution in [0.25, 0.3) is 0 Å². The van der Waals surface area contributed by atoms with Gasteiger partial charge in [-0.15, -0.1) is 0 Å². The van der Waals surface area contributed by atoms with Crippen LogP contribution in [0.5, 0.6) is 5.75 Å². The van der Waals surface area contributed by atoms with Crippen LogP contribution < -0.4 is 4.74 Å². The second kappa shape index (κ2) is 6.44. The smallest absolute Gasteiger partial charge is 0.120 e. The Kier molecular flexibility index (Phi) is 5.16. The van der Waals surface area contributed by atoms with E-state index >= 15 is 0 Å². The molecular formula is C11H12BrNO2. The summed E-state index contributed by atoms with van der Waals surface area (Å²) in [7, 11) is 0. The monoisotopic (exact) mass is 269 g/mol. The number of hydrogen-bond donors (Lipinski definition) is 0. The minimum absolute atomic E-state index is 0.520. The summed E-state index contributed by atoms with van der Waals surface area (Å²) in [5.41, 5.74) is 0.604. The van der Waals surface area contributed by atoms with Crippen LogP contribution in [0.2, 0.25) is 0 Å². The molecule has 0 bridgehead atoms. The third-order valence-corrected chi connectivity index (χ3v) is 2.42. The van der Waals surface area contributed by atoms with Gasteiger partial charge in [0.25, 0.3) is 0 Å². The van der Waals surface area contributed by atoms with E-state index in [2.05, 4.69) is 22.0 Å². The summed E-state index contributed by atoms with van der Waals surface area (Å²) in [6.07, 6.45) is 0. The van der Waals surface area contributed by atoms with Gasteiger partial charge in [0.1, 0.15) is 18.4 Å². The van der Waals surface area contributed by atoms with Gasteiger partial charge in [0.2, 0.25) is 0 Å². The SMILES string of the molecule is CCOCCOc1ccc(C#N)c(Br)c1. The van der Waals surface area contributed by atoms with E-state index in [9.17, 15) is 0 Å². The molecule has 0 aliphatic heterocycles. The Bertz CT molecular complexity index is 360.